The van der Waals surface area contributed by atoms with Crippen LogP contribution in [0.5, 0.6) is 5.88 Å². The molecule has 3 aromatic heterocycles. The summed E-state index contributed by atoms with van der Waals surface area (Å²) in [5.41, 5.74) is 2.86. The average molecular weight is 328 g/mol. The first-order chi connectivity index (χ1) is 11.6. The van der Waals surface area contributed by atoms with Gasteiger partial charge in [0.1, 0.15) is 5.82 Å². The van der Waals surface area contributed by atoms with Gasteiger partial charge in [-0.1, -0.05) is 12.1 Å². The van der Waals surface area contributed by atoms with Crippen molar-refractivity contribution in [3.8, 4) is 17.3 Å². The van der Waals surface area contributed by atoms with Crippen molar-refractivity contribution in [2.24, 2.45) is 7.05 Å². The third kappa shape index (κ3) is 3.08. The summed E-state index contributed by atoms with van der Waals surface area (Å²) in [4.78, 5) is 8.57. The van der Waals surface area contributed by atoms with Crippen LogP contribution in [0.4, 0.5) is 5.82 Å². The maximum Gasteiger partial charge on any atom is 0.258 e. The van der Waals surface area contributed by atoms with Gasteiger partial charge in [0.05, 0.1) is 18.4 Å². The van der Waals surface area contributed by atoms with E-state index in [2.05, 4.69) is 32.5 Å². The second kappa shape index (κ2) is 6.69. The lowest BCUT2D eigenvalue weighted by Gasteiger charge is -2.08. The van der Waals surface area contributed by atoms with Crippen molar-refractivity contribution in [3.05, 3.63) is 35.4 Å². The first-order valence-corrected chi connectivity index (χ1v) is 7.71. The number of rotatable bonds is 6. The van der Waals surface area contributed by atoms with E-state index in [1.54, 1.807) is 24.9 Å². The van der Waals surface area contributed by atoms with E-state index in [9.17, 15) is 0 Å². The summed E-state index contributed by atoms with van der Waals surface area (Å²) in [6.45, 7) is 4.43. The third-order valence-electron chi connectivity index (χ3n) is 3.68. The minimum absolute atomic E-state index is 0.478. The molecule has 0 unspecified atom stereocenters. The van der Waals surface area contributed by atoms with Crippen molar-refractivity contribution in [2.45, 2.75) is 26.8 Å². The van der Waals surface area contributed by atoms with Crippen molar-refractivity contribution in [1.29, 1.82) is 0 Å². The quantitative estimate of drug-likeness (QED) is 0.742. The summed E-state index contributed by atoms with van der Waals surface area (Å²) in [5, 5.41) is 11.6. The Hall–Kier alpha value is -2.90. The molecule has 0 atom stereocenters. The van der Waals surface area contributed by atoms with Gasteiger partial charge in [-0.3, -0.25) is 0 Å². The number of methoxy groups -OCH3 is 1. The molecular formula is C16H20N6O2. The van der Waals surface area contributed by atoms with Gasteiger partial charge in [0.2, 0.25) is 5.88 Å². The standard InChI is InChI=1S/C16H20N6O2/c1-5-13-12(16(23-4)22(3)20-13)9-18-14-8-11(6-7-17-14)15-19-10(2)21-24-15/h6-8H,5,9H2,1-4H3,(H,17,18). The van der Waals surface area contributed by atoms with Crippen LogP contribution in [0.25, 0.3) is 11.5 Å². The Kier molecular flexibility index (Phi) is 4.45. The number of hydrogen-bond acceptors (Lipinski definition) is 7. The molecule has 3 rings (SSSR count). The highest BCUT2D eigenvalue weighted by Crippen LogP contribution is 2.24. The van der Waals surface area contributed by atoms with Gasteiger partial charge < -0.3 is 14.6 Å². The monoisotopic (exact) mass is 328 g/mol. The first-order valence-electron chi connectivity index (χ1n) is 7.71. The van der Waals surface area contributed by atoms with E-state index in [0.717, 1.165) is 34.9 Å². The SMILES string of the molecule is CCc1nn(C)c(OC)c1CNc1cc(-c2nc(C)no2)ccn1. The number of hydrogen-bond donors (Lipinski definition) is 1. The average Bonchev–Trinajstić information content (AvgIpc) is 3.16. The van der Waals surface area contributed by atoms with Crippen LogP contribution >= 0.6 is 0 Å². The van der Waals surface area contributed by atoms with Gasteiger partial charge in [-0.05, 0) is 25.5 Å². The Morgan fingerprint density at radius 2 is 2.21 bits per heavy atom. The van der Waals surface area contributed by atoms with Crippen molar-refractivity contribution in [2.75, 3.05) is 12.4 Å². The number of nitrogens with one attached hydrogen (secondary N) is 1. The maximum atomic E-state index is 5.45. The fourth-order valence-electron chi connectivity index (χ4n) is 2.58. The molecule has 0 fully saturated rings. The molecule has 0 bridgehead atoms. The van der Waals surface area contributed by atoms with Crippen molar-refractivity contribution < 1.29 is 9.26 Å². The lowest BCUT2D eigenvalue weighted by Crippen LogP contribution is -2.04. The topological polar surface area (TPSA) is 90.9 Å². The number of nitrogens with zero attached hydrogens (tertiary/aromatic N) is 5. The van der Waals surface area contributed by atoms with Gasteiger partial charge in [0.25, 0.3) is 5.89 Å². The number of aromatic nitrogens is 5. The van der Waals surface area contributed by atoms with E-state index >= 15 is 0 Å². The van der Waals surface area contributed by atoms with Crippen molar-refractivity contribution >= 4 is 5.82 Å². The molecule has 0 amide bonds. The molecule has 0 spiro atoms. The van der Waals surface area contributed by atoms with Crippen LogP contribution in [-0.4, -0.2) is 32.0 Å². The Labute approximate surface area is 139 Å². The highest BCUT2D eigenvalue weighted by atomic mass is 16.5. The summed E-state index contributed by atoms with van der Waals surface area (Å²) in [7, 11) is 3.52. The maximum absolute atomic E-state index is 5.45. The van der Waals surface area contributed by atoms with Crippen LogP contribution in [0, 0.1) is 6.92 Å². The minimum atomic E-state index is 0.478. The van der Waals surface area contributed by atoms with Crippen LogP contribution < -0.4 is 10.1 Å². The van der Waals surface area contributed by atoms with Crippen LogP contribution in [0.1, 0.15) is 24.0 Å². The largest absolute Gasteiger partial charge is 0.481 e. The molecule has 3 aromatic rings. The predicted molar refractivity (Wildman–Crippen MR) is 88.7 cm³/mol. The molecule has 0 saturated carbocycles. The van der Waals surface area contributed by atoms with Crippen molar-refractivity contribution in [1.82, 2.24) is 24.9 Å². The highest BCUT2D eigenvalue weighted by molar-refractivity contribution is 5.58. The summed E-state index contributed by atoms with van der Waals surface area (Å²) in [5.74, 6) is 2.55. The van der Waals surface area contributed by atoms with Crippen molar-refractivity contribution in [3.63, 3.8) is 0 Å². The Balaban J connectivity index is 1.80. The number of ether oxygens (including phenoxy) is 1. The normalized spacial score (nSPS) is 10.8. The summed E-state index contributed by atoms with van der Waals surface area (Å²) >= 11 is 0. The Morgan fingerprint density at radius 1 is 1.38 bits per heavy atom. The van der Waals surface area contributed by atoms with E-state index in [0.29, 0.717) is 18.3 Å². The van der Waals surface area contributed by atoms with Gasteiger partial charge in [0.15, 0.2) is 5.82 Å². The molecule has 8 nitrogen and oxygen atoms in total. The van der Waals surface area contributed by atoms with Gasteiger partial charge in [-0.2, -0.15) is 10.1 Å². The summed E-state index contributed by atoms with van der Waals surface area (Å²) in [6.07, 6.45) is 2.54. The van der Waals surface area contributed by atoms with E-state index in [1.165, 1.54) is 0 Å². The second-order valence-electron chi connectivity index (χ2n) is 5.34. The van der Waals surface area contributed by atoms with Crippen LogP contribution in [0.3, 0.4) is 0 Å². The van der Waals surface area contributed by atoms with Gasteiger partial charge in [-0.15, -0.1) is 0 Å². The van der Waals surface area contributed by atoms with Crippen LogP contribution in [0.2, 0.25) is 0 Å². The Bertz CT molecular complexity index is 839. The molecule has 0 aliphatic rings. The van der Waals surface area contributed by atoms with Crippen LogP contribution in [-0.2, 0) is 20.0 Å². The molecule has 1 N–H and O–H groups in total. The Morgan fingerprint density at radius 3 is 2.88 bits per heavy atom. The number of pyridine rings is 1. The molecule has 8 heteroatoms. The lowest BCUT2D eigenvalue weighted by molar-refractivity contribution is 0.369. The smallest absolute Gasteiger partial charge is 0.258 e. The molecular weight excluding hydrogens is 308 g/mol. The summed E-state index contributed by atoms with van der Waals surface area (Å²) < 4.78 is 12.4. The predicted octanol–water partition coefficient (Wildman–Crippen LogP) is 2.36. The van der Waals surface area contributed by atoms with E-state index < -0.39 is 0 Å². The molecule has 3 heterocycles. The first kappa shape index (κ1) is 16.0. The molecule has 0 aromatic carbocycles. The van der Waals surface area contributed by atoms with Gasteiger partial charge in [-0.25, -0.2) is 9.67 Å². The third-order valence-corrected chi connectivity index (χ3v) is 3.68. The zero-order valence-corrected chi connectivity index (χ0v) is 14.2. The number of anilines is 1. The zero-order chi connectivity index (χ0) is 17.1. The van der Waals surface area contributed by atoms with E-state index in [1.807, 2.05) is 19.2 Å². The molecule has 0 aliphatic carbocycles. The van der Waals surface area contributed by atoms with Gasteiger partial charge in [0, 0.05) is 25.4 Å². The molecule has 126 valence electrons. The fraction of sp³-hybridized carbons (Fsp3) is 0.375. The number of aryl methyl sites for hydroxylation is 3. The second-order valence-corrected chi connectivity index (χ2v) is 5.34. The van der Waals surface area contributed by atoms with Gasteiger partial charge >= 0.3 is 0 Å². The molecule has 0 aliphatic heterocycles. The minimum Gasteiger partial charge on any atom is -0.481 e. The van der Waals surface area contributed by atoms with E-state index in [-0.39, 0.29) is 0 Å². The van der Waals surface area contributed by atoms with E-state index in [4.69, 9.17) is 9.26 Å². The highest BCUT2D eigenvalue weighted by Gasteiger charge is 2.15. The fourth-order valence-corrected chi connectivity index (χ4v) is 2.58. The molecule has 0 saturated heterocycles. The zero-order valence-electron chi connectivity index (χ0n) is 14.2. The molecule has 24 heavy (non-hydrogen) atoms. The van der Waals surface area contributed by atoms with Crippen LogP contribution in [0.15, 0.2) is 22.9 Å². The molecule has 0 radical (unpaired) electrons. The summed E-state index contributed by atoms with van der Waals surface area (Å²) in [6, 6.07) is 3.71. The lowest BCUT2D eigenvalue weighted by atomic mass is 10.2.